The third-order valence-corrected chi connectivity index (χ3v) is 3.80. The van der Waals surface area contributed by atoms with Crippen LogP contribution in [0.3, 0.4) is 0 Å². The molecule has 0 aliphatic heterocycles. The Kier molecular flexibility index (Phi) is 5.99. The third kappa shape index (κ3) is 3.16. The first-order valence-corrected chi connectivity index (χ1v) is 6.75. The molecule has 0 spiro atoms. The average Bonchev–Trinajstić information content (AvgIpc) is 2.43. The van der Waals surface area contributed by atoms with Crippen LogP contribution in [0.4, 0.5) is 5.69 Å². The number of anilines is 1. The summed E-state index contributed by atoms with van der Waals surface area (Å²) in [5.74, 6) is 1.52. The van der Waals surface area contributed by atoms with Crippen LogP contribution < -0.4 is 15.4 Å². The van der Waals surface area contributed by atoms with E-state index < -0.39 is 0 Å². The molecule has 1 aromatic rings. The minimum Gasteiger partial charge on any atom is -0.495 e. The molecule has 0 radical (unpaired) electrons. The molecule has 0 heterocycles. The summed E-state index contributed by atoms with van der Waals surface area (Å²) in [6.45, 7) is 5.13. The molecule has 3 heteroatoms. The van der Waals surface area contributed by atoms with Gasteiger partial charge in [0.2, 0.25) is 0 Å². The molecule has 0 bridgehead atoms. The number of para-hydroxylation sites is 2. The Balaban J connectivity index is 2.98. The second kappa shape index (κ2) is 7.27. The molecule has 1 aromatic carbocycles. The van der Waals surface area contributed by atoms with E-state index in [1.807, 2.05) is 18.2 Å². The van der Waals surface area contributed by atoms with Crippen molar-refractivity contribution in [2.45, 2.75) is 32.7 Å². The fourth-order valence-corrected chi connectivity index (χ4v) is 2.60. The van der Waals surface area contributed by atoms with Crippen LogP contribution in [0, 0.1) is 5.92 Å². The molecule has 1 rings (SSSR count). The summed E-state index contributed by atoms with van der Waals surface area (Å²) in [6, 6.07) is 8.46. The zero-order chi connectivity index (χ0) is 13.5. The predicted molar refractivity (Wildman–Crippen MR) is 78.3 cm³/mol. The van der Waals surface area contributed by atoms with Gasteiger partial charge in [-0.3, -0.25) is 0 Å². The molecule has 0 fully saturated rings. The molecule has 0 aromatic heterocycles. The summed E-state index contributed by atoms with van der Waals surface area (Å²) >= 11 is 0. The van der Waals surface area contributed by atoms with Crippen LogP contribution in [0.25, 0.3) is 0 Å². The maximum atomic E-state index is 5.97. The third-order valence-electron chi connectivity index (χ3n) is 3.80. The maximum Gasteiger partial charge on any atom is 0.142 e. The van der Waals surface area contributed by atoms with Gasteiger partial charge in [-0.15, -0.1) is 0 Å². The van der Waals surface area contributed by atoms with Crippen LogP contribution >= 0.6 is 0 Å². The van der Waals surface area contributed by atoms with Gasteiger partial charge in [0.1, 0.15) is 5.75 Å². The fraction of sp³-hybridized carbons (Fsp3) is 0.600. The normalized spacial score (nSPS) is 12.6. The molecule has 3 nitrogen and oxygen atoms in total. The van der Waals surface area contributed by atoms with Crippen molar-refractivity contribution in [3.05, 3.63) is 24.3 Å². The molecule has 1 unspecified atom stereocenters. The van der Waals surface area contributed by atoms with Crippen LogP contribution in [0.1, 0.15) is 26.7 Å². The number of rotatable bonds is 7. The lowest BCUT2D eigenvalue weighted by Gasteiger charge is -2.35. The summed E-state index contributed by atoms with van der Waals surface area (Å²) in [5, 5.41) is 0. The molecule has 102 valence electrons. The highest BCUT2D eigenvalue weighted by Gasteiger charge is 2.23. The first-order valence-electron chi connectivity index (χ1n) is 6.75. The van der Waals surface area contributed by atoms with Gasteiger partial charge in [0.15, 0.2) is 0 Å². The number of nitrogens with zero attached hydrogens (tertiary/aromatic N) is 1. The van der Waals surface area contributed by atoms with E-state index in [0.717, 1.165) is 24.3 Å². The summed E-state index contributed by atoms with van der Waals surface area (Å²) in [5.41, 5.74) is 7.09. The summed E-state index contributed by atoms with van der Waals surface area (Å²) in [6.07, 6.45) is 2.30. The highest BCUT2D eigenvalue weighted by molar-refractivity contribution is 5.58. The van der Waals surface area contributed by atoms with Crippen molar-refractivity contribution in [2.75, 3.05) is 25.6 Å². The standard InChI is InChI=1S/C15H26N2O/c1-5-12(6-2)14(11-16)17(3)13-9-7-8-10-15(13)18-4/h7-10,12,14H,5-6,11,16H2,1-4H3. The Hall–Kier alpha value is -1.22. The lowest BCUT2D eigenvalue weighted by molar-refractivity contribution is 0.379. The average molecular weight is 250 g/mol. The van der Waals surface area contributed by atoms with E-state index in [2.05, 4.69) is 31.9 Å². The number of hydrogen-bond acceptors (Lipinski definition) is 3. The maximum absolute atomic E-state index is 5.97. The van der Waals surface area contributed by atoms with Crippen LogP contribution in [-0.4, -0.2) is 26.7 Å². The van der Waals surface area contributed by atoms with Gasteiger partial charge in [-0.25, -0.2) is 0 Å². The van der Waals surface area contributed by atoms with Crippen LogP contribution in [0.2, 0.25) is 0 Å². The van der Waals surface area contributed by atoms with Crippen LogP contribution in [0.5, 0.6) is 5.75 Å². The highest BCUT2D eigenvalue weighted by atomic mass is 16.5. The van der Waals surface area contributed by atoms with Gasteiger partial charge in [0, 0.05) is 19.6 Å². The van der Waals surface area contributed by atoms with Crippen molar-refractivity contribution in [2.24, 2.45) is 11.7 Å². The molecule has 0 saturated heterocycles. The van der Waals surface area contributed by atoms with Gasteiger partial charge in [-0.1, -0.05) is 38.8 Å². The second-order valence-electron chi connectivity index (χ2n) is 4.66. The Morgan fingerprint density at radius 3 is 2.33 bits per heavy atom. The zero-order valence-corrected chi connectivity index (χ0v) is 12.0. The highest BCUT2D eigenvalue weighted by Crippen LogP contribution is 2.30. The number of likely N-dealkylation sites (N-methyl/N-ethyl adjacent to an activating group) is 1. The minimum absolute atomic E-state index is 0.358. The van der Waals surface area contributed by atoms with Crippen molar-refractivity contribution < 1.29 is 4.74 Å². The van der Waals surface area contributed by atoms with Gasteiger partial charge >= 0.3 is 0 Å². The molecule has 0 saturated carbocycles. The van der Waals surface area contributed by atoms with Crippen molar-refractivity contribution in [3.8, 4) is 5.75 Å². The van der Waals surface area contributed by atoms with E-state index in [9.17, 15) is 0 Å². The lowest BCUT2D eigenvalue weighted by Crippen LogP contribution is -2.43. The molecular weight excluding hydrogens is 224 g/mol. The van der Waals surface area contributed by atoms with Gasteiger partial charge < -0.3 is 15.4 Å². The van der Waals surface area contributed by atoms with Crippen LogP contribution in [-0.2, 0) is 0 Å². The fourth-order valence-electron chi connectivity index (χ4n) is 2.60. The summed E-state index contributed by atoms with van der Waals surface area (Å²) in [4.78, 5) is 2.26. The van der Waals surface area contributed by atoms with Crippen molar-refractivity contribution >= 4 is 5.69 Å². The molecular formula is C15H26N2O. The minimum atomic E-state index is 0.358. The number of hydrogen-bond donors (Lipinski definition) is 1. The summed E-state index contributed by atoms with van der Waals surface area (Å²) in [7, 11) is 3.81. The van der Waals surface area contributed by atoms with Gasteiger partial charge in [0.05, 0.1) is 12.8 Å². The van der Waals surface area contributed by atoms with Gasteiger partial charge in [-0.2, -0.15) is 0 Å². The number of ether oxygens (including phenoxy) is 1. The first kappa shape index (κ1) is 14.8. The Morgan fingerprint density at radius 1 is 1.22 bits per heavy atom. The van der Waals surface area contributed by atoms with E-state index in [0.29, 0.717) is 18.5 Å². The Morgan fingerprint density at radius 2 is 1.83 bits per heavy atom. The number of benzene rings is 1. The van der Waals surface area contributed by atoms with Gasteiger partial charge in [0.25, 0.3) is 0 Å². The molecule has 1 atom stereocenters. The molecule has 0 amide bonds. The number of nitrogens with two attached hydrogens (primary N) is 1. The predicted octanol–water partition coefficient (Wildman–Crippen LogP) is 2.89. The lowest BCUT2D eigenvalue weighted by atomic mass is 9.92. The Labute approximate surface area is 111 Å². The topological polar surface area (TPSA) is 38.5 Å². The van der Waals surface area contributed by atoms with Crippen LogP contribution in [0.15, 0.2) is 24.3 Å². The zero-order valence-electron chi connectivity index (χ0n) is 12.0. The van der Waals surface area contributed by atoms with E-state index in [4.69, 9.17) is 10.5 Å². The van der Waals surface area contributed by atoms with E-state index in [1.54, 1.807) is 7.11 Å². The second-order valence-corrected chi connectivity index (χ2v) is 4.66. The van der Waals surface area contributed by atoms with Crippen molar-refractivity contribution in [1.29, 1.82) is 0 Å². The summed E-state index contributed by atoms with van der Waals surface area (Å²) < 4.78 is 5.43. The monoisotopic (exact) mass is 250 g/mol. The van der Waals surface area contributed by atoms with Crippen molar-refractivity contribution in [3.63, 3.8) is 0 Å². The Bertz CT molecular complexity index is 350. The molecule has 0 aliphatic rings. The molecule has 2 N–H and O–H groups in total. The first-order chi connectivity index (χ1) is 8.69. The SMILES string of the molecule is CCC(CC)C(CN)N(C)c1ccccc1OC. The van der Waals surface area contributed by atoms with E-state index in [1.165, 1.54) is 0 Å². The largest absolute Gasteiger partial charge is 0.495 e. The molecule has 18 heavy (non-hydrogen) atoms. The smallest absolute Gasteiger partial charge is 0.142 e. The molecule has 0 aliphatic carbocycles. The van der Waals surface area contributed by atoms with Gasteiger partial charge in [-0.05, 0) is 18.1 Å². The quantitative estimate of drug-likeness (QED) is 0.808. The van der Waals surface area contributed by atoms with Crippen molar-refractivity contribution in [1.82, 2.24) is 0 Å². The number of methoxy groups -OCH3 is 1. The van der Waals surface area contributed by atoms with E-state index >= 15 is 0 Å². The van der Waals surface area contributed by atoms with E-state index in [-0.39, 0.29) is 0 Å².